The number of hydrogen-bond acceptors (Lipinski definition) is 4. The topological polar surface area (TPSA) is 44.2 Å². The molecule has 0 bridgehead atoms. The third kappa shape index (κ3) is 5.35. The van der Waals surface area contributed by atoms with Gasteiger partial charge in [0, 0.05) is 24.5 Å². The van der Waals surface area contributed by atoms with Crippen LogP contribution in [-0.4, -0.2) is 24.2 Å². The van der Waals surface area contributed by atoms with Crippen LogP contribution in [0.1, 0.15) is 0 Å². The predicted molar refractivity (Wildman–Crippen MR) is 60.6 cm³/mol. The van der Waals surface area contributed by atoms with Crippen LogP contribution in [0.2, 0.25) is 0 Å². The van der Waals surface area contributed by atoms with Crippen LogP contribution >= 0.6 is 0 Å². The van der Waals surface area contributed by atoms with Crippen molar-refractivity contribution in [3.8, 4) is 22.9 Å². The van der Waals surface area contributed by atoms with Gasteiger partial charge in [-0.05, 0) is 12.1 Å². The van der Waals surface area contributed by atoms with Gasteiger partial charge in [-0.15, -0.1) is 0 Å². The molecule has 0 amide bonds. The van der Waals surface area contributed by atoms with Crippen molar-refractivity contribution in [2.24, 2.45) is 0 Å². The van der Waals surface area contributed by atoms with Crippen molar-refractivity contribution in [2.45, 2.75) is 0 Å². The Labute approximate surface area is 139 Å². The largest absolute Gasteiger partial charge is 2.00 e. The molecule has 0 aliphatic carbocycles. The van der Waals surface area contributed by atoms with Crippen LogP contribution < -0.4 is 34.3 Å². The molecule has 0 saturated carbocycles. The van der Waals surface area contributed by atoms with Crippen LogP contribution in [0.15, 0.2) is 36.7 Å². The Morgan fingerprint density at radius 3 is 1.47 bits per heavy atom. The number of pyridine rings is 2. The summed E-state index contributed by atoms with van der Waals surface area (Å²) >= 11 is 0. The number of hydrogen-bond donors (Lipinski definition) is 0. The number of aromatic nitrogens is 2. The summed E-state index contributed by atoms with van der Waals surface area (Å²) in [7, 11) is 3.25. The first-order valence-corrected chi connectivity index (χ1v) is 4.84. The van der Waals surface area contributed by atoms with Crippen LogP contribution in [0.25, 0.3) is 11.4 Å². The van der Waals surface area contributed by atoms with Crippen molar-refractivity contribution in [3.63, 3.8) is 0 Å². The molecule has 0 unspecified atom stereocenters. The van der Waals surface area contributed by atoms with Crippen LogP contribution in [0.5, 0.6) is 11.5 Å². The van der Waals surface area contributed by atoms with Crippen molar-refractivity contribution in [1.82, 2.24) is 9.97 Å². The molecule has 0 aromatic carbocycles. The zero-order chi connectivity index (χ0) is 11.4. The van der Waals surface area contributed by atoms with Gasteiger partial charge in [0.25, 0.3) is 0 Å². The summed E-state index contributed by atoms with van der Waals surface area (Å²) in [4.78, 5) is 8.47. The molecule has 7 heteroatoms. The fourth-order valence-electron chi connectivity index (χ4n) is 1.36. The van der Waals surface area contributed by atoms with Crippen LogP contribution in [0, 0.1) is 0 Å². The minimum atomic E-state index is 0. The molecule has 4 nitrogen and oxygen atoms in total. The molecule has 0 radical (unpaired) electrons. The Morgan fingerprint density at radius 2 is 1.16 bits per heavy atom. The third-order valence-corrected chi connectivity index (χ3v) is 2.20. The smallest absolute Gasteiger partial charge is 1.00 e. The average molecular weight is 482 g/mol. The second-order valence-electron chi connectivity index (χ2n) is 3.16. The van der Waals surface area contributed by atoms with Gasteiger partial charge in [-0.2, -0.15) is 0 Å². The van der Waals surface area contributed by atoms with Crippen LogP contribution in [-0.2, 0) is 21.1 Å². The van der Waals surface area contributed by atoms with E-state index in [4.69, 9.17) is 9.47 Å². The summed E-state index contributed by atoms with van der Waals surface area (Å²) in [6, 6.07) is 7.26. The number of methoxy groups -OCH3 is 2. The summed E-state index contributed by atoms with van der Waals surface area (Å²) in [6.45, 7) is 0. The zero-order valence-electron chi connectivity index (χ0n) is 10.2. The minimum Gasteiger partial charge on any atom is -1.00 e. The molecule has 106 valence electrons. The van der Waals surface area contributed by atoms with E-state index in [9.17, 15) is 0 Å². The molecule has 0 aliphatic rings. The fraction of sp³-hybridized carbons (Fsp3) is 0.167. The second-order valence-corrected chi connectivity index (χ2v) is 3.16. The maximum absolute atomic E-state index is 5.13. The molecule has 2 rings (SSSR count). The van der Waals surface area contributed by atoms with Gasteiger partial charge in [0.2, 0.25) is 0 Å². The van der Waals surface area contributed by atoms with E-state index in [0.717, 1.165) is 22.9 Å². The van der Waals surface area contributed by atoms with E-state index in [2.05, 4.69) is 9.97 Å². The van der Waals surface area contributed by atoms with Crippen molar-refractivity contribution in [3.05, 3.63) is 36.7 Å². The Hall–Kier alpha value is -0.832. The standard InChI is InChI=1S/C12H12N2O2.2ClH.Pt/c1-15-9-3-5-13-11(7-9)12-8-10(16-2)4-6-14-12;;;/h3-8H,1-2H3;2*1H;/q;;;+2/p-2. The number of nitrogens with zero attached hydrogens (tertiary/aromatic N) is 2. The molecular formula is C12H12Cl2N2O2Pt. The van der Waals surface area contributed by atoms with E-state index in [1.54, 1.807) is 38.7 Å². The molecule has 2 aromatic heterocycles. The van der Waals surface area contributed by atoms with Crippen LogP contribution in [0.4, 0.5) is 0 Å². The first kappa shape index (κ1) is 20.5. The Kier molecular flexibility index (Phi) is 10.8. The van der Waals surface area contributed by atoms with Gasteiger partial charge in [-0.3, -0.25) is 9.97 Å². The van der Waals surface area contributed by atoms with Crippen molar-refractivity contribution in [1.29, 1.82) is 0 Å². The monoisotopic (exact) mass is 481 g/mol. The molecule has 0 spiro atoms. The van der Waals surface area contributed by atoms with Gasteiger partial charge < -0.3 is 34.3 Å². The summed E-state index contributed by atoms with van der Waals surface area (Å²) in [5, 5.41) is 0. The molecule has 0 N–H and O–H groups in total. The van der Waals surface area contributed by atoms with E-state index in [0.29, 0.717) is 0 Å². The maximum Gasteiger partial charge on any atom is 2.00 e. The van der Waals surface area contributed by atoms with Gasteiger partial charge >= 0.3 is 21.1 Å². The predicted octanol–water partition coefficient (Wildman–Crippen LogP) is -3.83. The van der Waals surface area contributed by atoms with E-state index in [1.807, 2.05) is 12.1 Å². The van der Waals surface area contributed by atoms with Gasteiger partial charge in [0.1, 0.15) is 11.5 Å². The molecule has 2 aromatic rings. The number of rotatable bonds is 3. The fourth-order valence-corrected chi connectivity index (χ4v) is 1.36. The molecular weight excluding hydrogens is 470 g/mol. The third-order valence-electron chi connectivity index (χ3n) is 2.20. The molecule has 2 heterocycles. The van der Waals surface area contributed by atoms with Gasteiger partial charge in [-0.25, -0.2) is 0 Å². The normalized spacial score (nSPS) is 8.32. The second kappa shape index (κ2) is 10.0. The molecule has 0 atom stereocenters. The van der Waals surface area contributed by atoms with E-state index in [1.165, 1.54) is 0 Å². The zero-order valence-corrected chi connectivity index (χ0v) is 14.0. The van der Waals surface area contributed by atoms with E-state index < -0.39 is 0 Å². The summed E-state index contributed by atoms with van der Waals surface area (Å²) in [6.07, 6.45) is 3.38. The molecule has 0 aliphatic heterocycles. The van der Waals surface area contributed by atoms with Gasteiger partial charge in [0.05, 0.1) is 25.6 Å². The Morgan fingerprint density at radius 1 is 0.789 bits per heavy atom. The summed E-state index contributed by atoms with van der Waals surface area (Å²) in [5.74, 6) is 1.52. The first-order chi connectivity index (χ1) is 7.83. The molecule has 19 heavy (non-hydrogen) atoms. The van der Waals surface area contributed by atoms with Crippen molar-refractivity contribution >= 4 is 0 Å². The minimum absolute atomic E-state index is 0. The number of ether oxygens (including phenoxy) is 2. The van der Waals surface area contributed by atoms with E-state index >= 15 is 0 Å². The quantitative estimate of drug-likeness (QED) is 0.450. The SMILES string of the molecule is COc1ccnc(-c2cc(OC)ccn2)c1.[Cl-].[Cl-].[Pt+2]. The Balaban J connectivity index is 0. The summed E-state index contributed by atoms with van der Waals surface area (Å²) in [5.41, 5.74) is 1.52. The van der Waals surface area contributed by atoms with Crippen molar-refractivity contribution < 1.29 is 55.4 Å². The maximum atomic E-state index is 5.13. The summed E-state index contributed by atoms with van der Waals surface area (Å²) < 4.78 is 10.3. The molecule has 0 saturated heterocycles. The Bertz CT molecular complexity index is 455. The first-order valence-electron chi connectivity index (χ1n) is 4.84. The van der Waals surface area contributed by atoms with Crippen LogP contribution in [0.3, 0.4) is 0 Å². The van der Waals surface area contributed by atoms with E-state index in [-0.39, 0.29) is 45.9 Å². The van der Waals surface area contributed by atoms with Gasteiger partial charge in [0.15, 0.2) is 0 Å². The number of halogens is 2. The van der Waals surface area contributed by atoms with Gasteiger partial charge in [-0.1, -0.05) is 0 Å². The van der Waals surface area contributed by atoms with Crippen molar-refractivity contribution in [2.75, 3.05) is 14.2 Å². The average Bonchev–Trinajstić information content (AvgIpc) is 2.39. The molecule has 0 fully saturated rings.